The molecule has 4 aromatic rings. The van der Waals surface area contributed by atoms with Gasteiger partial charge in [-0.25, -0.2) is 4.68 Å². The van der Waals surface area contributed by atoms with Crippen molar-refractivity contribution in [2.75, 3.05) is 29.9 Å². The SMILES string of the molecule is C#CCN1CC2CC1CN2c1cc(NC(=O)c2ccc(C)c(-n3cc(-c4cnn(C)c4C)nn3)c2)cc(C(F)(F)F)c1. The molecule has 2 atom stereocenters. The first-order valence-corrected chi connectivity index (χ1v) is 13.5. The maximum Gasteiger partial charge on any atom is 0.416 e. The Kier molecular flexibility index (Phi) is 6.77. The lowest BCUT2D eigenvalue weighted by Crippen LogP contribution is -2.46. The van der Waals surface area contributed by atoms with Crippen LogP contribution in [0.4, 0.5) is 24.5 Å². The highest BCUT2D eigenvalue weighted by Gasteiger charge is 2.43. The van der Waals surface area contributed by atoms with Gasteiger partial charge in [-0.15, -0.1) is 11.5 Å². The minimum Gasteiger partial charge on any atom is -0.366 e. The number of aryl methyl sites for hydroxylation is 2. The van der Waals surface area contributed by atoms with Crippen molar-refractivity contribution in [2.45, 2.75) is 38.5 Å². The smallest absolute Gasteiger partial charge is 0.366 e. The van der Waals surface area contributed by atoms with Crippen molar-refractivity contribution < 1.29 is 18.0 Å². The summed E-state index contributed by atoms with van der Waals surface area (Å²) in [7, 11) is 1.84. The molecule has 1 amide bonds. The van der Waals surface area contributed by atoms with Crippen molar-refractivity contribution in [3.63, 3.8) is 0 Å². The molecule has 2 aliphatic rings. The summed E-state index contributed by atoms with van der Waals surface area (Å²) in [5.74, 6) is 2.12. The highest BCUT2D eigenvalue weighted by molar-refractivity contribution is 6.05. The average Bonchev–Trinajstić information content (AvgIpc) is 3.74. The summed E-state index contributed by atoms with van der Waals surface area (Å²) in [6.45, 7) is 5.61. The van der Waals surface area contributed by atoms with Gasteiger partial charge in [-0.05, 0) is 56.2 Å². The van der Waals surface area contributed by atoms with E-state index in [9.17, 15) is 18.0 Å². The van der Waals surface area contributed by atoms with Gasteiger partial charge in [-0.2, -0.15) is 18.3 Å². The van der Waals surface area contributed by atoms with E-state index < -0.39 is 17.6 Å². The van der Waals surface area contributed by atoms with Gasteiger partial charge >= 0.3 is 6.18 Å². The van der Waals surface area contributed by atoms with E-state index in [0.717, 1.165) is 35.4 Å². The van der Waals surface area contributed by atoms with Gasteiger partial charge in [0.2, 0.25) is 0 Å². The first-order chi connectivity index (χ1) is 20.0. The number of rotatable bonds is 6. The summed E-state index contributed by atoms with van der Waals surface area (Å²) in [4.78, 5) is 17.5. The Morgan fingerprint density at radius 1 is 1.14 bits per heavy atom. The number of aromatic nitrogens is 5. The van der Waals surface area contributed by atoms with Crippen LogP contribution < -0.4 is 10.2 Å². The molecule has 12 heteroatoms. The third-order valence-corrected chi connectivity index (χ3v) is 8.21. The van der Waals surface area contributed by atoms with E-state index >= 15 is 0 Å². The highest BCUT2D eigenvalue weighted by atomic mass is 19.4. The zero-order valence-electron chi connectivity index (χ0n) is 23.4. The van der Waals surface area contributed by atoms with E-state index in [-0.39, 0.29) is 23.3 Å². The molecular formula is C30H29F3N8O. The fourth-order valence-corrected chi connectivity index (χ4v) is 5.85. The lowest BCUT2D eigenvalue weighted by atomic mass is 10.1. The van der Waals surface area contributed by atoms with Gasteiger partial charge in [0, 0.05) is 60.4 Å². The fraction of sp³-hybridized carbons (Fsp3) is 0.333. The Bertz CT molecular complexity index is 1720. The maximum atomic E-state index is 13.9. The van der Waals surface area contributed by atoms with Gasteiger partial charge in [0.15, 0.2) is 0 Å². The van der Waals surface area contributed by atoms with Crippen LogP contribution in [0, 0.1) is 26.2 Å². The quantitative estimate of drug-likeness (QED) is 0.343. The Balaban J connectivity index is 1.26. The van der Waals surface area contributed by atoms with Crippen LogP contribution in [0.3, 0.4) is 0 Å². The van der Waals surface area contributed by atoms with Crippen LogP contribution in [-0.4, -0.2) is 67.3 Å². The lowest BCUT2D eigenvalue weighted by molar-refractivity contribution is -0.137. The summed E-state index contributed by atoms with van der Waals surface area (Å²) < 4.78 is 45.0. The van der Waals surface area contributed by atoms with Crippen molar-refractivity contribution in [1.29, 1.82) is 0 Å². The number of likely N-dealkylation sites (tertiary alicyclic amines) is 1. The first-order valence-electron chi connectivity index (χ1n) is 13.5. The number of fused-ring (bicyclic) bond motifs is 2. The average molecular weight is 575 g/mol. The van der Waals surface area contributed by atoms with Gasteiger partial charge in [0.1, 0.15) is 5.69 Å². The van der Waals surface area contributed by atoms with E-state index in [1.54, 1.807) is 46.0 Å². The van der Waals surface area contributed by atoms with Crippen LogP contribution >= 0.6 is 0 Å². The van der Waals surface area contributed by atoms with Crippen LogP contribution in [0.2, 0.25) is 0 Å². The molecule has 2 bridgehead atoms. The first kappa shape index (κ1) is 27.5. The normalized spacial score (nSPS) is 18.5. The number of benzene rings is 2. The maximum absolute atomic E-state index is 13.9. The predicted octanol–water partition coefficient (Wildman–Crippen LogP) is 4.45. The van der Waals surface area contributed by atoms with Crippen LogP contribution in [0.5, 0.6) is 0 Å². The molecule has 2 unspecified atom stereocenters. The van der Waals surface area contributed by atoms with Crippen LogP contribution in [0.1, 0.15) is 33.6 Å². The van der Waals surface area contributed by atoms with E-state index in [1.165, 1.54) is 0 Å². The van der Waals surface area contributed by atoms with Gasteiger partial charge < -0.3 is 10.2 Å². The monoisotopic (exact) mass is 574 g/mol. The van der Waals surface area contributed by atoms with Crippen molar-refractivity contribution in [1.82, 2.24) is 29.7 Å². The summed E-state index contributed by atoms with van der Waals surface area (Å²) in [6, 6.07) is 9.03. The fourth-order valence-electron chi connectivity index (χ4n) is 5.85. The van der Waals surface area contributed by atoms with E-state index in [4.69, 9.17) is 6.42 Å². The number of terminal acetylenes is 1. The number of nitrogens with zero attached hydrogens (tertiary/aromatic N) is 7. The molecule has 2 saturated heterocycles. The summed E-state index contributed by atoms with van der Waals surface area (Å²) in [6.07, 6.45) is 5.20. The molecule has 2 aromatic heterocycles. The number of nitrogens with one attached hydrogen (secondary N) is 1. The number of halogens is 3. The van der Waals surface area contributed by atoms with E-state index in [2.05, 4.69) is 31.5 Å². The minimum atomic E-state index is -4.57. The molecule has 9 nitrogen and oxygen atoms in total. The summed E-state index contributed by atoms with van der Waals surface area (Å²) in [5, 5.41) is 15.4. The van der Waals surface area contributed by atoms with Crippen molar-refractivity contribution in [2.24, 2.45) is 7.05 Å². The van der Waals surface area contributed by atoms with E-state index in [0.29, 0.717) is 36.7 Å². The number of piperazine rings is 1. The molecule has 42 heavy (non-hydrogen) atoms. The zero-order valence-corrected chi connectivity index (χ0v) is 23.4. The molecule has 4 heterocycles. The number of carbonyl (C=O) groups excluding carboxylic acids is 1. The molecule has 216 valence electrons. The van der Waals surface area contributed by atoms with E-state index in [1.807, 2.05) is 25.8 Å². The molecule has 0 aliphatic carbocycles. The number of anilines is 2. The topological polar surface area (TPSA) is 84.1 Å². The van der Waals surface area contributed by atoms with Crippen LogP contribution in [0.15, 0.2) is 48.8 Å². The molecule has 0 saturated carbocycles. The number of carbonyl (C=O) groups is 1. The van der Waals surface area contributed by atoms with Gasteiger partial charge in [-0.1, -0.05) is 17.2 Å². The minimum absolute atomic E-state index is 0.0677. The van der Waals surface area contributed by atoms with Gasteiger partial charge in [0.05, 0.1) is 30.2 Å². The van der Waals surface area contributed by atoms with Crippen molar-refractivity contribution >= 4 is 17.3 Å². The zero-order chi connectivity index (χ0) is 29.8. The second-order valence-electron chi connectivity index (χ2n) is 10.9. The molecule has 6 rings (SSSR count). The van der Waals surface area contributed by atoms with Crippen molar-refractivity contribution in [3.05, 3.63) is 71.2 Å². The van der Waals surface area contributed by atoms with Gasteiger partial charge in [0.25, 0.3) is 5.91 Å². The lowest BCUT2D eigenvalue weighted by Gasteiger charge is -2.35. The third kappa shape index (κ3) is 5.00. The Hall–Kier alpha value is -4.63. The Morgan fingerprint density at radius 3 is 2.62 bits per heavy atom. The molecule has 2 fully saturated rings. The molecule has 2 aromatic carbocycles. The Morgan fingerprint density at radius 2 is 1.95 bits per heavy atom. The molecule has 2 aliphatic heterocycles. The van der Waals surface area contributed by atoms with Crippen LogP contribution in [-0.2, 0) is 13.2 Å². The van der Waals surface area contributed by atoms with Gasteiger partial charge in [-0.3, -0.25) is 14.4 Å². The number of alkyl halides is 3. The van der Waals surface area contributed by atoms with Crippen molar-refractivity contribution in [3.8, 4) is 29.3 Å². The molecule has 0 radical (unpaired) electrons. The number of hydrogen-bond donors (Lipinski definition) is 1. The highest BCUT2D eigenvalue weighted by Crippen LogP contribution is 2.39. The molecular weight excluding hydrogens is 545 g/mol. The predicted molar refractivity (Wildman–Crippen MR) is 152 cm³/mol. The number of hydrogen-bond acceptors (Lipinski definition) is 6. The Labute approximate surface area is 240 Å². The molecule has 0 spiro atoms. The summed E-state index contributed by atoms with van der Waals surface area (Å²) in [5.41, 5.74) is 3.82. The largest absolute Gasteiger partial charge is 0.416 e. The molecule has 1 N–H and O–H groups in total. The summed E-state index contributed by atoms with van der Waals surface area (Å²) >= 11 is 0. The second-order valence-corrected chi connectivity index (χ2v) is 10.9. The third-order valence-electron chi connectivity index (χ3n) is 8.21. The van der Waals surface area contributed by atoms with Crippen LogP contribution in [0.25, 0.3) is 16.9 Å². The standard InChI is InChI=1S/C30H29F3N8O/c1-5-8-39-15-25-13-24(39)16-40(25)23-11-21(30(31,32)33)10-22(12-23)35-29(42)20-7-6-18(2)28(9-20)41-17-27(36-37-41)26-14-34-38(4)19(26)3/h1,6-7,9-12,14,17,24-25H,8,13,15-16H2,2-4H3,(H,35,42). The number of amides is 1. The second kappa shape index (κ2) is 10.3.